The van der Waals surface area contributed by atoms with Crippen molar-refractivity contribution < 1.29 is 24.8 Å². The Bertz CT molecular complexity index is 614. The van der Waals surface area contributed by atoms with Crippen LogP contribution in [-0.4, -0.2) is 56.9 Å². The summed E-state index contributed by atoms with van der Waals surface area (Å²) in [6.07, 6.45) is -4.01. The normalized spacial score (nSPS) is 30.0. The van der Waals surface area contributed by atoms with Crippen molar-refractivity contribution in [3.8, 4) is 6.01 Å². The van der Waals surface area contributed by atoms with Gasteiger partial charge in [0, 0.05) is 0 Å². The molecule has 0 radical (unpaired) electrons. The lowest BCUT2D eigenvalue weighted by Crippen LogP contribution is -2.33. The fraction of sp³-hybridized carbons (Fsp3) is 0.462. The van der Waals surface area contributed by atoms with Crippen LogP contribution in [0.15, 0.2) is 24.3 Å². The van der Waals surface area contributed by atoms with Crippen molar-refractivity contribution in [1.29, 1.82) is 0 Å². The molecule has 3 N–H and O–H groups in total. The van der Waals surface area contributed by atoms with Crippen LogP contribution in [0.2, 0.25) is 0 Å². The third kappa shape index (κ3) is 1.87. The third-order valence-corrected chi connectivity index (χ3v) is 3.52. The monoisotopic (exact) mass is 280 g/mol. The van der Waals surface area contributed by atoms with Crippen LogP contribution in [0, 0.1) is 0 Å². The van der Waals surface area contributed by atoms with Gasteiger partial charge in [0.1, 0.15) is 18.3 Å². The van der Waals surface area contributed by atoms with Gasteiger partial charge < -0.3 is 24.8 Å². The van der Waals surface area contributed by atoms with Gasteiger partial charge in [0.15, 0.2) is 6.23 Å². The number of fused-ring (bicyclic) bond motifs is 1. The fourth-order valence-corrected chi connectivity index (χ4v) is 2.51. The Balaban J connectivity index is 2.10. The summed E-state index contributed by atoms with van der Waals surface area (Å²) in [7, 11) is 1.47. The highest BCUT2D eigenvalue weighted by Gasteiger charge is 2.44. The average Bonchev–Trinajstić information content (AvgIpc) is 2.98. The van der Waals surface area contributed by atoms with E-state index >= 15 is 0 Å². The molecule has 1 aliphatic rings. The molecular formula is C13H16N2O5. The predicted molar refractivity (Wildman–Crippen MR) is 69.3 cm³/mol. The number of hydrogen-bond acceptors (Lipinski definition) is 6. The van der Waals surface area contributed by atoms with Crippen molar-refractivity contribution in [3.05, 3.63) is 24.3 Å². The molecule has 0 aliphatic carbocycles. The molecule has 0 unspecified atom stereocenters. The lowest BCUT2D eigenvalue weighted by atomic mass is 10.1. The molecular weight excluding hydrogens is 264 g/mol. The quantitative estimate of drug-likeness (QED) is 0.711. The maximum Gasteiger partial charge on any atom is 0.299 e. The first-order valence-electron chi connectivity index (χ1n) is 6.30. The first kappa shape index (κ1) is 13.3. The van der Waals surface area contributed by atoms with Crippen LogP contribution in [0.1, 0.15) is 6.23 Å². The lowest BCUT2D eigenvalue weighted by molar-refractivity contribution is -0.0535. The smallest absolute Gasteiger partial charge is 0.299 e. The predicted octanol–water partition coefficient (Wildman–Crippen LogP) is -0.344. The molecule has 0 spiro atoms. The summed E-state index contributed by atoms with van der Waals surface area (Å²) in [4.78, 5) is 4.29. The van der Waals surface area contributed by atoms with Crippen LogP contribution >= 0.6 is 0 Å². The number of nitrogens with zero attached hydrogens (tertiary/aromatic N) is 2. The molecule has 2 heterocycles. The summed E-state index contributed by atoms with van der Waals surface area (Å²) in [5.74, 6) is 0. The number of rotatable bonds is 3. The molecule has 0 bridgehead atoms. The summed E-state index contributed by atoms with van der Waals surface area (Å²) in [6.45, 7) is -0.371. The van der Waals surface area contributed by atoms with Gasteiger partial charge in [-0.15, -0.1) is 0 Å². The molecule has 3 rings (SSSR count). The van der Waals surface area contributed by atoms with Crippen molar-refractivity contribution in [2.75, 3.05) is 13.7 Å². The SMILES string of the molecule is COc1nc2ccccc2n1[C@@H]1O[C@@H](CO)[C@@H](O)[C@@H]1O. The number of para-hydroxylation sites is 2. The molecule has 1 saturated heterocycles. The van der Waals surface area contributed by atoms with Gasteiger partial charge in [0.05, 0.1) is 24.8 Å². The van der Waals surface area contributed by atoms with E-state index in [0.29, 0.717) is 5.52 Å². The molecule has 4 atom stereocenters. The van der Waals surface area contributed by atoms with E-state index in [0.717, 1.165) is 5.52 Å². The minimum atomic E-state index is -1.17. The van der Waals surface area contributed by atoms with Crippen LogP contribution in [0.5, 0.6) is 6.01 Å². The average molecular weight is 280 g/mol. The molecule has 7 heteroatoms. The Morgan fingerprint density at radius 3 is 2.70 bits per heavy atom. The molecule has 1 aromatic heterocycles. The maximum absolute atomic E-state index is 10.1. The molecule has 108 valence electrons. The minimum Gasteiger partial charge on any atom is -0.468 e. The van der Waals surface area contributed by atoms with E-state index in [4.69, 9.17) is 14.6 Å². The highest BCUT2D eigenvalue weighted by molar-refractivity contribution is 5.76. The van der Waals surface area contributed by atoms with Crippen LogP contribution in [-0.2, 0) is 4.74 Å². The number of aromatic nitrogens is 2. The topological polar surface area (TPSA) is 97.0 Å². The number of imidazole rings is 1. The fourth-order valence-electron chi connectivity index (χ4n) is 2.51. The Labute approximate surface area is 115 Å². The Morgan fingerprint density at radius 2 is 2.05 bits per heavy atom. The van der Waals surface area contributed by atoms with Crippen molar-refractivity contribution >= 4 is 11.0 Å². The molecule has 2 aromatic rings. The van der Waals surface area contributed by atoms with E-state index in [-0.39, 0.29) is 12.6 Å². The summed E-state index contributed by atoms with van der Waals surface area (Å²) < 4.78 is 12.3. The highest BCUT2D eigenvalue weighted by atomic mass is 16.6. The van der Waals surface area contributed by atoms with Gasteiger partial charge in [-0.2, -0.15) is 4.98 Å². The summed E-state index contributed by atoms with van der Waals surface area (Å²) in [5, 5.41) is 29.1. The van der Waals surface area contributed by atoms with E-state index in [9.17, 15) is 10.2 Å². The standard InChI is InChI=1S/C13H16N2O5/c1-19-13-14-7-4-2-3-5-8(7)15(13)12-11(18)10(17)9(6-16)20-12/h2-5,9-12,16-18H,6H2,1H3/t9-,10+,11-,12+/m0/s1. The maximum atomic E-state index is 10.1. The molecule has 0 saturated carbocycles. The van der Waals surface area contributed by atoms with Gasteiger partial charge >= 0.3 is 0 Å². The first-order chi connectivity index (χ1) is 9.67. The van der Waals surface area contributed by atoms with Crippen molar-refractivity contribution in [1.82, 2.24) is 9.55 Å². The van der Waals surface area contributed by atoms with E-state index in [1.807, 2.05) is 24.3 Å². The van der Waals surface area contributed by atoms with E-state index in [1.165, 1.54) is 7.11 Å². The zero-order valence-corrected chi connectivity index (χ0v) is 10.9. The number of aliphatic hydroxyl groups is 3. The number of benzene rings is 1. The Kier molecular flexibility index (Phi) is 3.35. The van der Waals surface area contributed by atoms with Gasteiger partial charge in [0.2, 0.25) is 0 Å². The second kappa shape index (κ2) is 5.02. The first-order valence-corrected chi connectivity index (χ1v) is 6.30. The van der Waals surface area contributed by atoms with Gasteiger partial charge in [-0.3, -0.25) is 4.57 Å². The largest absolute Gasteiger partial charge is 0.468 e. The van der Waals surface area contributed by atoms with Gasteiger partial charge in [-0.05, 0) is 12.1 Å². The number of hydrogen-bond donors (Lipinski definition) is 3. The second-order valence-electron chi connectivity index (χ2n) is 4.69. The van der Waals surface area contributed by atoms with E-state index in [1.54, 1.807) is 4.57 Å². The summed E-state index contributed by atoms with van der Waals surface area (Å²) >= 11 is 0. The third-order valence-electron chi connectivity index (χ3n) is 3.52. The van der Waals surface area contributed by atoms with Gasteiger partial charge in [-0.1, -0.05) is 12.1 Å². The summed E-state index contributed by atoms with van der Waals surface area (Å²) in [6, 6.07) is 7.59. The minimum absolute atomic E-state index is 0.279. The summed E-state index contributed by atoms with van der Waals surface area (Å²) in [5.41, 5.74) is 1.42. The molecule has 1 fully saturated rings. The molecule has 20 heavy (non-hydrogen) atoms. The van der Waals surface area contributed by atoms with Crippen molar-refractivity contribution in [2.45, 2.75) is 24.5 Å². The Morgan fingerprint density at radius 1 is 1.30 bits per heavy atom. The van der Waals surface area contributed by atoms with E-state index in [2.05, 4.69) is 4.98 Å². The number of aliphatic hydroxyl groups excluding tert-OH is 3. The van der Waals surface area contributed by atoms with Crippen LogP contribution in [0.4, 0.5) is 0 Å². The van der Waals surface area contributed by atoms with Gasteiger partial charge in [-0.25, -0.2) is 0 Å². The van der Waals surface area contributed by atoms with Crippen LogP contribution in [0.3, 0.4) is 0 Å². The number of methoxy groups -OCH3 is 1. The molecule has 7 nitrogen and oxygen atoms in total. The van der Waals surface area contributed by atoms with Crippen LogP contribution < -0.4 is 4.74 Å². The molecule has 1 aliphatic heterocycles. The van der Waals surface area contributed by atoms with E-state index < -0.39 is 24.5 Å². The van der Waals surface area contributed by atoms with Crippen LogP contribution in [0.25, 0.3) is 11.0 Å². The zero-order chi connectivity index (χ0) is 14.3. The highest BCUT2D eigenvalue weighted by Crippen LogP contribution is 2.35. The lowest BCUT2D eigenvalue weighted by Gasteiger charge is -2.18. The zero-order valence-electron chi connectivity index (χ0n) is 10.9. The number of ether oxygens (including phenoxy) is 2. The van der Waals surface area contributed by atoms with Crippen molar-refractivity contribution in [2.24, 2.45) is 0 Å². The van der Waals surface area contributed by atoms with Crippen molar-refractivity contribution in [3.63, 3.8) is 0 Å². The molecule has 1 aromatic carbocycles. The Hall–Kier alpha value is -1.67. The van der Waals surface area contributed by atoms with Gasteiger partial charge in [0.25, 0.3) is 6.01 Å². The second-order valence-corrected chi connectivity index (χ2v) is 4.69. The molecule has 0 amide bonds.